The summed E-state index contributed by atoms with van der Waals surface area (Å²) < 4.78 is 0. The van der Waals surface area contributed by atoms with Crippen LogP contribution in [-0.4, -0.2) is 0 Å². The van der Waals surface area contributed by atoms with E-state index < -0.39 is 0 Å². The van der Waals surface area contributed by atoms with Gasteiger partial charge in [-0.2, -0.15) is 0 Å². The molecule has 6 aromatic carbocycles. The molecule has 3 aliphatic heterocycles. The van der Waals surface area contributed by atoms with Crippen molar-refractivity contribution in [3.05, 3.63) is 165 Å². The molecule has 0 amide bonds. The van der Waals surface area contributed by atoms with Crippen molar-refractivity contribution < 1.29 is 0 Å². The first-order chi connectivity index (χ1) is 24.6. The molecule has 4 aliphatic rings. The molecule has 10 rings (SSSR count). The molecule has 0 bridgehead atoms. The van der Waals surface area contributed by atoms with Crippen LogP contribution in [0.5, 0.6) is 0 Å². The second kappa shape index (κ2) is 9.86. The predicted molar refractivity (Wildman–Crippen MR) is 219 cm³/mol. The van der Waals surface area contributed by atoms with E-state index in [1.54, 1.807) is 0 Å². The normalized spacial score (nSPS) is 18.0. The lowest BCUT2D eigenvalue weighted by Gasteiger charge is -2.55. The van der Waals surface area contributed by atoms with Crippen molar-refractivity contribution in [2.45, 2.75) is 90.9 Å². The number of nitrogens with zero attached hydrogens (tertiary/aromatic N) is 2. The summed E-state index contributed by atoms with van der Waals surface area (Å²) >= 11 is 0. The van der Waals surface area contributed by atoms with E-state index in [2.05, 4.69) is 188 Å². The van der Waals surface area contributed by atoms with E-state index >= 15 is 0 Å². The van der Waals surface area contributed by atoms with E-state index in [1.807, 2.05) is 0 Å². The Balaban J connectivity index is 1.28. The zero-order valence-corrected chi connectivity index (χ0v) is 32.3. The number of para-hydroxylation sites is 2. The van der Waals surface area contributed by atoms with Crippen LogP contribution in [0.1, 0.15) is 111 Å². The second-order valence-corrected chi connectivity index (χ2v) is 18.1. The lowest BCUT2D eigenvalue weighted by molar-refractivity contribution is 0.566. The van der Waals surface area contributed by atoms with E-state index in [0.29, 0.717) is 0 Å². The summed E-state index contributed by atoms with van der Waals surface area (Å²) in [6.45, 7) is 23.8. The molecule has 258 valence electrons. The van der Waals surface area contributed by atoms with Gasteiger partial charge in [-0.1, -0.05) is 128 Å². The number of hydrogen-bond acceptors (Lipinski definition) is 2. The summed E-state index contributed by atoms with van der Waals surface area (Å²) in [5, 5.41) is 0. The summed E-state index contributed by atoms with van der Waals surface area (Å²) in [5.74, 6) is 0. The average molecular weight is 677 g/mol. The SMILES string of the molecule is Cc1cc(C)cc(N(c2ccc3c(c2)C(C)(C)c2ccccc2-3)c2cc3c4c(c2)C(C)(C)c2cccc5c2N4c2c(cccc2C3(C)C)C5(C)C)c1. The highest BCUT2D eigenvalue weighted by Crippen LogP contribution is 2.66. The zero-order chi connectivity index (χ0) is 36.3. The van der Waals surface area contributed by atoms with E-state index in [0.717, 1.165) is 0 Å². The largest absolute Gasteiger partial charge is 0.310 e. The zero-order valence-electron chi connectivity index (χ0n) is 32.3. The number of anilines is 6. The molecule has 52 heavy (non-hydrogen) atoms. The van der Waals surface area contributed by atoms with Gasteiger partial charge in [0.05, 0.1) is 17.1 Å². The number of fused-ring (bicyclic) bond motifs is 3. The van der Waals surface area contributed by atoms with Crippen molar-refractivity contribution in [1.29, 1.82) is 0 Å². The van der Waals surface area contributed by atoms with Crippen LogP contribution in [0.3, 0.4) is 0 Å². The van der Waals surface area contributed by atoms with Gasteiger partial charge < -0.3 is 9.80 Å². The lowest BCUT2D eigenvalue weighted by Crippen LogP contribution is -2.43. The monoisotopic (exact) mass is 676 g/mol. The molecule has 2 nitrogen and oxygen atoms in total. The summed E-state index contributed by atoms with van der Waals surface area (Å²) in [7, 11) is 0. The van der Waals surface area contributed by atoms with E-state index in [1.165, 1.54) is 101 Å². The van der Waals surface area contributed by atoms with Gasteiger partial charge in [-0.05, 0) is 117 Å². The van der Waals surface area contributed by atoms with Crippen molar-refractivity contribution in [3.8, 4) is 11.1 Å². The van der Waals surface area contributed by atoms with Gasteiger partial charge >= 0.3 is 0 Å². The molecule has 0 fully saturated rings. The number of aryl methyl sites for hydroxylation is 2. The van der Waals surface area contributed by atoms with E-state index in [-0.39, 0.29) is 21.7 Å². The first kappa shape index (κ1) is 31.6. The molecular weight excluding hydrogens is 629 g/mol. The Morgan fingerprint density at radius 1 is 0.365 bits per heavy atom. The van der Waals surface area contributed by atoms with Crippen LogP contribution in [0.2, 0.25) is 0 Å². The fourth-order valence-corrected chi connectivity index (χ4v) is 10.7. The third-order valence-corrected chi connectivity index (χ3v) is 13.4. The molecule has 0 unspecified atom stereocenters. The molecule has 3 heterocycles. The van der Waals surface area contributed by atoms with Gasteiger partial charge in [0, 0.05) is 38.7 Å². The summed E-state index contributed by atoms with van der Waals surface area (Å²) in [6.07, 6.45) is 0. The fraction of sp³-hybridized carbons (Fsp3) is 0.280. The topological polar surface area (TPSA) is 6.48 Å². The first-order valence-electron chi connectivity index (χ1n) is 19.0. The van der Waals surface area contributed by atoms with Gasteiger partial charge in [-0.25, -0.2) is 0 Å². The van der Waals surface area contributed by atoms with Gasteiger partial charge in [0.2, 0.25) is 0 Å². The molecule has 0 atom stereocenters. The van der Waals surface area contributed by atoms with Crippen LogP contribution in [0, 0.1) is 13.8 Å². The molecule has 0 saturated carbocycles. The predicted octanol–water partition coefficient (Wildman–Crippen LogP) is 13.5. The van der Waals surface area contributed by atoms with Crippen LogP contribution >= 0.6 is 0 Å². The Labute approximate surface area is 309 Å². The van der Waals surface area contributed by atoms with Crippen LogP contribution in [0.25, 0.3) is 11.1 Å². The van der Waals surface area contributed by atoms with E-state index in [9.17, 15) is 0 Å². The highest BCUT2D eigenvalue weighted by atomic mass is 15.2. The number of hydrogen-bond donors (Lipinski definition) is 0. The van der Waals surface area contributed by atoms with Crippen LogP contribution < -0.4 is 9.80 Å². The Hall–Kier alpha value is -5.08. The van der Waals surface area contributed by atoms with E-state index in [4.69, 9.17) is 0 Å². The van der Waals surface area contributed by atoms with Gasteiger partial charge in [-0.15, -0.1) is 0 Å². The highest BCUT2D eigenvalue weighted by Gasteiger charge is 2.52. The molecule has 6 aromatic rings. The van der Waals surface area contributed by atoms with Gasteiger partial charge in [0.25, 0.3) is 0 Å². The Morgan fingerprint density at radius 3 is 1.33 bits per heavy atom. The maximum Gasteiger partial charge on any atom is 0.0545 e. The standard InChI is InChI=1S/C50H48N2/c1-29-23-30(2)25-32(24-29)51(31-21-22-35-34-15-11-12-16-36(34)47(3,4)41(35)26-31)33-27-42-46-43(28-33)50(9,10)40-20-14-18-38-45(40)52(46)44-37(48(38,5)6)17-13-19-39(44)49(42,7)8/h11-28H,1-10H3. The molecule has 0 spiro atoms. The minimum absolute atomic E-state index is 0.0904. The Kier molecular flexibility index (Phi) is 6.00. The summed E-state index contributed by atoms with van der Waals surface area (Å²) in [6, 6.07) is 42.3. The maximum absolute atomic E-state index is 2.67. The third-order valence-electron chi connectivity index (χ3n) is 13.4. The summed E-state index contributed by atoms with van der Waals surface area (Å²) in [5.41, 5.74) is 23.6. The van der Waals surface area contributed by atoms with Crippen LogP contribution in [0.15, 0.2) is 109 Å². The molecule has 0 aromatic heterocycles. The molecule has 2 heteroatoms. The molecular formula is C50H48N2. The molecule has 0 saturated heterocycles. The van der Waals surface area contributed by atoms with Crippen molar-refractivity contribution in [2.24, 2.45) is 0 Å². The van der Waals surface area contributed by atoms with Crippen molar-refractivity contribution in [3.63, 3.8) is 0 Å². The highest BCUT2D eigenvalue weighted by molar-refractivity contribution is 5.99. The first-order valence-corrected chi connectivity index (χ1v) is 19.0. The van der Waals surface area contributed by atoms with Gasteiger partial charge in [0.15, 0.2) is 0 Å². The third kappa shape index (κ3) is 3.80. The van der Waals surface area contributed by atoms with Crippen molar-refractivity contribution in [1.82, 2.24) is 0 Å². The van der Waals surface area contributed by atoms with Gasteiger partial charge in [-0.3, -0.25) is 0 Å². The quantitative estimate of drug-likeness (QED) is 0.184. The number of benzene rings is 6. The smallest absolute Gasteiger partial charge is 0.0545 e. The second-order valence-electron chi connectivity index (χ2n) is 18.1. The minimum Gasteiger partial charge on any atom is -0.310 e. The minimum atomic E-state index is -0.215. The lowest BCUT2D eigenvalue weighted by atomic mass is 9.61. The molecule has 0 N–H and O–H groups in total. The van der Waals surface area contributed by atoms with Crippen LogP contribution in [0.4, 0.5) is 34.1 Å². The summed E-state index contributed by atoms with van der Waals surface area (Å²) in [4.78, 5) is 5.21. The van der Waals surface area contributed by atoms with Crippen molar-refractivity contribution in [2.75, 3.05) is 9.80 Å². The average Bonchev–Trinajstić information content (AvgIpc) is 3.32. The maximum atomic E-state index is 2.67. The number of rotatable bonds is 3. The van der Waals surface area contributed by atoms with Crippen molar-refractivity contribution >= 4 is 34.1 Å². The molecule has 1 aliphatic carbocycles. The Morgan fingerprint density at radius 2 is 0.769 bits per heavy atom. The van der Waals surface area contributed by atoms with Gasteiger partial charge in [0.1, 0.15) is 0 Å². The molecule has 0 radical (unpaired) electrons. The fourth-order valence-electron chi connectivity index (χ4n) is 10.7. The Bertz CT molecular complexity index is 2450. The van der Waals surface area contributed by atoms with Crippen LogP contribution in [-0.2, 0) is 21.7 Å².